The van der Waals surface area contributed by atoms with Crippen molar-refractivity contribution in [1.29, 1.82) is 0 Å². The zero-order valence-corrected chi connectivity index (χ0v) is 15.7. The average Bonchev–Trinajstić information content (AvgIpc) is 2.49. The molecule has 2 heterocycles. The van der Waals surface area contributed by atoms with Gasteiger partial charge >= 0.3 is 0 Å². The Labute approximate surface area is 139 Å². The standard InChI is InChI=1S/C19H39N3/c1-6-10-22-17(4)14-20(15-18(22)5)11-7-19-8-12-21(13-9-19)16(2)3/h16-19H,6-15H2,1-5H3/t17-,18-/m1/s1. The van der Waals surface area contributed by atoms with Crippen LogP contribution in [-0.2, 0) is 0 Å². The van der Waals surface area contributed by atoms with Gasteiger partial charge in [0, 0.05) is 31.2 Å². The maximum absolute atomic E-state index is 2.73. The van der Waals surface area contributed by atoms with Crippen molar-refractivity contribution in [3.63, 3.8) is 0 Å². The van der Waals surface area contributed by atoms with E-state index in [2.05, 4.69) is 49.3 Å². The molecule has 0 aromatic rings. The summed E-state index contributed by atoms with van der Waals surface area (Å²) in [4.78, 5) is 8.08. The second-order valence-electron chi connectivity index (χ2n) is 8.06. The van der Waals surface area contributed by atoms with Crippen LogP contribution in [0.2, 0.25) is 0 Å². The number of likely N-dealkylation sites (tertiary alicyclic amines) is 1. The smallest absolute Gasteiger partial charge is 0.0198 e. The van der Waals surface area contributed by atoms with Gasteiger partial charge in [-0.25, -0.2) is 0 Å². The monoisotopic (exact) mass is 309 g/mol. The molecule has 0 aromatic heterocycles. The van der Waals surface area contributed by atoms with Gasteiger partial charge in [0.15, 0.2) is 0 Å². The van der Waals surface area contributed by atoms with Crippen molar-refractivity contribution >= 4 is 0 Å². The fraction of sp³-hybridized carbons (Fsp3) is 1.00. The van der Waals surface area contributed by atoms with Gasteiger partial charge in [0.1, 0.15) is 0 Å². The minimum Gasteiger partial charge on any atom is -0.301 e. The van der Waals surface area contributed by atoms with E-state index < -0.39 is 0 Å². The number of piperidine rings is 1. The van der Waals surface area contributed by atoms with Gasteiger partial charge in [-0.3, -0.25) is 4.90 Å². The van der Waals surface area contributed by atoms with E-state index >= 15 is 0 Å². The fourth-order valence-electron chi connectivity index (χ4n) is 4.47. The van der Waals surface area contributed by atoms with Crippen LogP contribution in [0.1, 0.15) is 60.3 Å². The van der Waals surface area contributed by atoms with E-state index in [1.54, 1.807) is 0 Å². The number of rotatable bonds is 6. The summed E-state index contributed by atoms with van der Waals surface area (Å²) < 4.78 is 0. The van der Waals surface area contributed by atoms with Crippen molar-refractivity contribution in [2.75, 3.05) is 39.3 Å². The minimum absolute atomic E-state index is 0.728. The first-order valence-electron chi connectivity index (χ1n) is 9.73. The molecule has 2 rings (SSSR count). The summed E-state index contributed by atoms with van der Waals surface area (Å²) in [7, 11) is 0. The summed E-state index contributed by atoms with van der Waals surface area (Å²) in [5.41, 5.74) is 0. The molecule has 0 spiro atoms. The van der Waals surface area contributed by atoms with E-state index in [1.165, 1.54) is 65.0 Å². The van der Waals surface area contributed by atoms with Crippen LogP contribution in [0.15, 0.2) is 0 Å². The molecule has 2 fully saturated rings. The van der Waals surface area contributed by atoms with Crippen LogP contribution in [-0.4, -0.2) is 72.1 Å². The van der Waals surface area contributed by atoms with Crippen LogP contribution in [0.25, 0.3) is 0 Å². The van der Waals surface area contributed by atoms with Crippen molar-refractivity contribution in [2.45, 2.75) is 78.4 Å². The number of piperazine rings is 1. The Kier molecular flexibility index (Phi) is 7.17. The molecule has 22 heavy (non-hydrogen) atoms. The van der Waals surface area contributed by atoms with Crippen LogP contribution in [0.4, 0.5) is 0 Å². The van der Waals surface area contributed by atoms with Crippen LogP contribution in [0.5, 0.6) is 0 Å². The molecule has 0 unspecified atom stereocenters. The summed E-state index contributed by atoms with van der Waals surface area (Å²) in [6.45, 7) is 19.6. The zero-order chi connectivity index (χ0) is 16.1. The Morgan fingerprint density at radius 2 is 1.55 bits per heavy atom. The molecule has 2 saturated heterocycles. The average molecular weight is 310 g/mol. The van der Waals surface area contributed by atoms with E-state index in [1.807, 2.05) is 0 Å². The van der Waals surface area contributed by atoms with Gasteiger partial charge in [0.05, 0.1) is 0 Å². The molecular formula is C19H39N3. The molecule has 0 saturated carbocycles. The second-order valence-corrected chi connectivity index (χ2v) is 8.06. The molecular weight excluding hydrogens is 270 g/mol. The van der Waals surface area contributed by atoms with E-state index in [0.29, 0.717) is 0 Å². The first-order valence-corrected chi connectivity index (χ1v) is 9.73. The highest BCUT2D eigenvalue weighted by Gasteiger charge is 2.29. The van der Waals surface area contributed by atoms with Gasteiger partial charge in [-0.15, -0.1) is 0 Å². The Morgan fingerprint density at radius 1 is 0.955 bits per heavy atom. The lowest BCUT2D eigenvalue weighted by Crippen LogP contribution is -2.56. The van der Waals surface area contributed by atoms with Crippen molar-refractivity contribution in [1.82, 2.24) is 14.7 Å². The van der Waals surface area contributed by atoms with Crippen molar-refractivity contribution in [2.24, 2.45) is 5.92 Å². The number of hydrogen-bond donors (Lipinski definition) is 0. The maximum atomic E-state index is 2.73. The predicted molar refractivity (Wildman–Crippen MR) is 96.4 cm³/mol. The second kappa shape index (κ2) is 8.65. The Bertz CT molecular complexity index is 298. The number of nitrogens with zero attached hydrogens (tertiary/aromatic N) is 3. The van der Waals surface area contributed by atoms with Crippen LogP contribution < -0.4 is 0 Å². The van der Waals surface area contributed by atoms with Gasteiger partial charge in [0.2, 0.25) is 0 Å². The van der Waals surface area contributed by atoms with Crippen molar-refractivity contribution in [3.05, 3.63) is 0 Å². The van der Waals surface area contributed by atoms with Crippen LogP contribution in [0.3, 0.4) is 0 Å². The molecule has 0 aliphatic carbocycles. The van der Waals surface area contributed by atoms with Crippen LogP contribution >= 0.6 is 0 Å². The van der Waals surface area contributed by atoms with Gasteiger partial charge in [0.25, 0.3) is 0 Å². The fourth-order valence-corrected chi connectivity index (χ4v) is 4.47. The quantitative estimate of drug-likeness (QED) is 0.745. The molecule has 130 valence electrons. The largest absolute Gasteiger partial charge is 0.301 e. The highest BCUT2D eigenvalue weighted by Crippen LogP contribution is 2.23. The molecule has 0 aromatic carbocycles. The summed E-state index contributed by atoms with van der Waals surface area (Å²) in [6.07, 6.45) is 5.53. The Hall–Kier alpha value is -0.120. The van der Waals surface area contributed by atoms with Gasteiger partial charge in [-0.05, 0) is 85.5 Å². The lowest BCUT2D eigenvalue weighted by Gasteiger charge is -2.45. The highest BCUT2D eigenvalue weighted by molar-refractivity contribution is 4.85. The molecule has 0 radical (unpaired) electrons. The summed E-state index contributed by atoms with van der Waals surface area (Å²) in [5.74, 6) is 0.967. The molecule has 2 aliphatic heterocycles. The first kappa shape index (κ1) is 18.2. The molecule has 0 amide bonds. The van der Waals surface area contributed by atoms with Crippen LogP contribution in [0, 0.1) is 5.92 Å². The normalized spacial score (nSPS) is 30.3. The third-order valence-corrected chi connectivity index (χ3v) is 5.89. The molecule has 3 heteroatoms. The SMILES string of the molecule is CCCN1[C@H](C)CN(CCC2CCN(C(C)C)CC2)C[C@H]1C. The molecule has 2 atom stereocenters. The highest BCUT2D eigenvalue weighted by atomic mass is 15.3. The third-order valence-electron chi connectivity index (χ3n) is 5.89. The van der Waals surface area contributed by atoms with Crippen molar-refractivity contribution in [3.8, 4) is 0 Å². The van der Waals surface area contributed by atoms with E-state index in [-0.39, 0.29) is 0 Å². The molecule has 0 bridgehead atoms. The maximum Gasteiger partial charge on any atom is 0.0198 e. The van der Waals surface area contributed by atoms with Crippen molar-refractivity contribution < 1.29 is 0 Å². The minimum atomic E-state index is 0.728. The Balaban J connectivity index is 1.70. The third kappa shape index (κ3) is 4.94. The van der Waals surface area contributed by atoms with E-state index in [4.69, 9.17) is 0 Å². The summed E-state index contributed by atoms with van der Waals surface area (Å²) in [6, 6.07) is 2.19. The Morgan fingerprint density at radius 3 is 2.05 bits per heavy atom. The van der Waals surface area contributed by atoms with Gasteiger partial charge < -0.3 is 9.80 Å². The lowest BCUT2D eigenvalue weighted by molar-refractivity contribution is 0.0339. The van der Waals surface area contributed by atoms with Gasteiger partial charge in [-0.2, -0.15) is 0 Å². The first-order chi connectivity index (χ1) is 10.5. The molecule has 0 N–H and O–H groups in total. The summed E-state index contributed by atoms with van der Waals surface area (Å²) >= 11 is 0. The zero-order valence-electron chi connectivity index (χ0n) is 15.7. The lowest BCUT2D eigenvalue weighted by atomic mass is 9.92. The van der Waals surface area contributed by atoms with Gasteiger partial charge in [-0.1, -0.05) is 6.92 Å². The summed E-state index contributed by atoms with van der Waals surface area (Å²) in [5, 5.41) is 0. The van der Waals surface area contributed by atoms with E-state index in [9.17, 15) is 0 Å². The molecule has 3 nitrogen and oxygen atoms in total. The topological polar surface area (TPSA) is 9.72 Å². The number of hydrogen-bond acceptors (Lipinski definition) is 3. The van der Waals surface area contributed by atoms with E-state index in [0.717, 1.165) is 24.0 Å². The predicted octanol–water partition coefficient (Wildman–Crippen LogP) is 3.30. The molecule has 2 aliphatic rings.